The number of aryl methyl sites for hydroxylation is 2. The van der Waals surface area contributed by atoms with Gasteiger partial charge < -0.3 is 4.90 Å². The highest BCUT2D eigenvalue weighted by molar-refractivity contribution is 7.89. The van der Waals surface area contributed by atoms with Crippen LogP contribution in [0.4, 0.5) is 0 Å². The van der Waals surface area contributed by atoms with Gasteiger partial charge in [-0.25, -0.2) is 8.42 Å². The summed E-state index contributed by atoms with van der Waals surface area (Å²) in [5.41, 5.74) is 0.958. The lowest BCUT2D eigenvalue weighted by molar-refractivity contribution is -0.134. The molecule has 0 unspecified atom stereocenters. The fourth-order valence-corrected chi connectivity index (χ4v) is 4.40. The SMILES string of the molecule is Cc1n[nH]c(C)c1S(=O)(=O)N1CCN(C2CC2)C(=O)C1. The van der Waals surface area contributed by atoms with Gasteiger partial charge in [-0.1, -0.05) is 0 Å². The van der Waals surface area contributed by atoms with Crippen LogP contribution < -0.4 is 0 Å². The summed E-state index contributed by atoms with van der Waals surface area (Å²) < 4.78 is 26.5. The first-order chi connectivity index (χ1) is 9.41. The highest BCUT2D eigenvalue weighted by atomic mass is 32.2. The Morgan fingerprint density at radius 1 is 1.25 bits per heavy atom. The lowest BCUT2D eigenvalue weighted by Gasteiger charge is -2.33. The summed E-state index contributed by atoms with van der Waals surface area (Å²) in [6.07, 6.45) is 2.08. The molecule has 3 rings (SSSR count). The number of rotatable bonds is 3. The summed E-state index contributed by atoms with van der Waals surface area (Å²) in [7, 11) is -3.65. The van der Waals surface area contributed by atoms with E-state index in [1.807, 2.05) is 0 Å². The number of H-pyrrole nitrogens is 1. The lowest BCUT2D eigenvalue weighted by Crippen LogP contribution is -2.52. The minimum absolute atomic E-state index is 0.0666. The molecule has 0 radical (unpaired) electrons. The summed E-state index contributed by atoms with van der Waals surface area (Å²) >= 11 is 0. The van der Waals surface area contributed by atoms with E-state index in [9.17, 15) is 13.2 Å². The smallest absolute Gasteiger partial charge is 0.247 e. The van der Waals surface area contributed by atoms with Crippen molar-refractivity contribution in [3.8, 4) is 0 Å². The van der Waals surface area contributed by atoms with Crippen molar-refractivity contribution in [2.24, 2.45) is 0 Å². The Hall–Kier alpha value is -1.41. The van der Waals surface area contributed by atoms with Crippen LogP contribution in [-0.4, -0.2) is 59.4 Å². The standard InChI is InChI=1S/C12H18N4O3S/c1-8-12(9(2)14-13-8)20(18,19)15-5-6-16(10-3-4-10)11(17)7-15/h10H,3-7H2,1-2H3,(H,13,14). The monoisotopic (exact) mass is 298 g/mol. The topological polar surface area (TPSA) is 86.4 Å². The highest BCUT2D eigenvalue weighted by Crippen LogP contribution is 2.30. The molecular weight excluding hydrogens is 280 g/mol. The number of nitrogens with one attached hydrogen (secondary N) is 1. The molecule has 2 aliphatic rings. The molecule has 0 atom stereocenters. The van der Waals surface area contributed by atoms with Crippen molar-refractivity contribution < 1.29 is 13.2 Å². The van der Waals surface area contributed by atoms with Gasteiger partial charge in [0, 0.05) is 19.1 Å². The number of nitrogens with zero attached hydrogens (tertiary/aromatic N) is 3. The molecule has 0 bridgehead atoms. The van der Waals surface area contributed by atoms with Crippen LogP contribution in [0, 0.1) is 13.8 Å². The maximum absolute atomic E-state index is 12.6. The minimum atomic E-state index is -3.65. The van der Waals surface area contributed by atoms with Crippen LogP contribution in [0.2, 0.25) is 0 Å². The van der Waals surface area contributed by atoms with E-state index in [0.29, 0.717) is 30.5 Å². The van der Waals surface area contributed by atoms with Crippen LogP contribution in [0.1, 0.15) is 24.2 Å². The largest absolute Gasteiger partial charge is 0.337 e. The Balaban J connectivity index is 1.84. The van der Waals surface area contributed by atoms with E-state index in [4.69, 9.17) is 0 Å². The maximum Gasteiger partial charge on any atom is 0.247 e. The molecule has 1 N–H and O–H groups in total. The molecule has 2 fully saturated rings. The summed E-state index contributed by atoms with van der Waals surface area (Å²) in [6.45, 7) is 4.10. The van der Waals surface area contributed by atoms with E-state index in [0.717, 1.165) is 12.8 Å². The van der Waals surface area contributed by atoms with Crippen LogP contribution in [0.5, 0.6) is 0 Å². The molecule has 1 aromatic heterocycles. The summed E-state index contributed by atoms with van der Waals surface area (Å²) in [5.74, 6) is -0.0962. The zero-order valence-electron chi connectivity index (χ0n) is 11.6. The average Bonchev–Trinajstić information content (AvgIpc) is 3.15. The van der Waals surface area contributed by atoms with Gasteiger partial charge >= 0.3 is 0 Å². The Morgan fingerprint density at radius 2 is 1.95 bits per heavy atom. The van der Waals surface area contributed by atoms with Crippen LogP contribution >= 0.6 is 0 Å². The Labute approximate surface area is 118 Å². The fourth-order valence-electron chi connectivity index (χ4n) is 2.69. The minimum Gasteiger partial charge on any atom is -0.337 e. The quantitative estimate of drug-likeness (QED) is 0.852. The number of aromatic nitrogens is 2. The summed E-state index contributed by atoms with van der Waals surface area (Å²) in [5, 5.41) is 6.60. The summed E-state index contributed by atoms with van der Waals surface area (Å²) in [6, 6.07) is 0.338. The average molecular weight is 298 g/mol. The van der Waals surface area contributed by atoms with E-state index in [1.165, 1.54) is 4.31 Å². The predicted molar refractivity (Wildman–Crippen MR) is 71.6 cm³/mol. The molecule has 1 aliphatic carbocycles. The molecule has 1 saturated heterocycles. The van der Waals surface area contributed by atoms with Crippen LogP contribution in [0.25, 0.3) is 0 Å². The van der Waals surface area contributed by atoms with Crippen molar-refractivity contribution in [2.75, 3.05) is 19.6 Å². The second kappa shape index (κ2) is 4.56. The van der Waals surface area contributed by atoms with Gasteiger partial charge in [0.05, 0.1) is 17.9 Å². The molecule has 20 heavy (non-hydrogen) atoms. The fraction of sp³-hybridized carbons (Fsp3) is 0.667. The van der Waals surface area contributed by atoms with Gasteiger partial charge in [-0.05, 0) is 26.7 Å². The number of sulfonamides is 1. The molecule has 1 aliphatic heterocycles. The van der Waals surface area contributed by atoms with Gasteiger partial charge in [0.15, 0.2) is 0 Å². The van der Waals surface area contributed by atoms with Crippen molar-refractivity contribution in [1.29, 1.82) is 0 Å². The molecule has 8 heteroatoms. The molecule has 1 saturated carbocycles. The molecule has 1 amide bonds. The number of carbonyl (C=O) groups is 1. The number of hydrogen-bond acceptors (Lipinski definition) is 4. The van der Waals surface area contributed by atoms with Crippen molar-refractivity contribution in [3.63, 3.8) is 0 Å². The third kappa shape index (κ3) is 2.12. The Bertz CT molecular complexity index is 628. The first kappa shape index (κ1) is 13.6. The first-order valence-electron chi connectivity index (χ1n) is 6.72. The van der Waals surface area contributed by atoms with Crippen molar-refractivity contribution in [1.82, 2.24) is 19.4 Å². The van der Waals surface area contributed by atoms with Gasteiger partial charge in [0.2, 0.25) is 15.9 Å². The Morgan fingerprint density at radius 3 is 2.45 bits per heavy atom. The number of amides is 1. The highest BCUT2D eigenvalue weighted by Gasteiger charge is 2.40. The molecule has 7 nitrogen and oxygen atoms in total. The van der Waals surface area contributed by atoms with Gasteiger partial charge in [-0.3, -0.25) is 9.89 Å². The van der Waals surface area contributed by atoms with Crippen molar-refractivity contribution in [2.45, 2.75) is 37.6 Å². The number of aromatic amines is 1. The number of piperazine rings is 1. The lowest BCUT2D eigenvalue weighted by atomic mass is 10.3. The predicted octanol–water partition coefficient (Wildman–Crippen LogP) is 0.0218. The second-order valence-corrected chi connectivity index (χ2v) is 7.29. The number of carbonyl (C=O) groups excluding carboxylic acids is 1. The molecule has 110 valence electrons. The van der Waals surface area contributed by atoms with E-state index in [1.54, 1.807) is 18.7 Å². The van der Waals surface area contributed by atoms with E-state index in [-0.39, 0.29) is 17.3 Å². The number of hydrogen-bond donors (Lipinski definition) is 1. The molecule has 0 spiro atoms. The molecule has 0 aromatic carbocycles. The van der Waals surface area contributed by atoms with Crippen LogP contribution in [0.15, 0.2) is 4.90 Å². The van der Waals surface area contributed by atoms with E-state index in [2.05, 4.69) is 10.2 Å². The van der Waals surface area contributed by atoms with Crippen LogP contribution in [0.3, 0.4) is 0 Å². The van der Waals surface area contributed by atoms with E-state index < -0.39 is 10.0 Å². The van der Waals surface area contributed by atoms with Gasteiger partial charge in [-0.2, -0.15) is 9.40 Å². The Kier molecular flexibility index (Phi) is 3.09. The first-order valence-corrected chi connectivity index (χ1v) is 8.16. The van der Waals surface area contributed by atoms with Gasteiger partial charge in [0.25, 0.3) is 0 Å². The molecular formula is C12H18N4O3S. The molecule has 2 heterocycles. The second-order valence-electron chi connectivity index (χ2n) is 5.42. The third-order valence-corrected chi connectivity index (χ3v) is 5.98. The third-order valence-electron chi connectivity index (χ3n) is 3.87. The summed E-state index contributed by atoms with van der Waals surface area (Å²) in [4.78, 5) is 14.1. The van der Waals surface area contributed by atoms with Gasteiger partial charge in [-0.15, -0.1) is 0 Å². The van der Waals surface area contributed by atoms with Gasteiger partial charge in [0.1, 0.15) is 4.90 Å². The molecule has 1 aromatic rings. The van der Waals surface area contributed by atoms with Crippen molar-refractivity contribution in [3.05, 3.63) is 11.4 Å². The van der Waals surface area contributed by atoms with E-state index >= 15 is 0 Å². The van der Waals surface area contributed by atoms with Crippen molar-refractivity contribution >= 4 is 15.9 Å². The maximum atomic E-state index is 12.6. The van der Waals surface area contributed by atoms with Crippen LogP contribution in [-0.2, 0) is 14.8 Å². The zero-order valence-corrected chi connectivity index (χ0v) is 12.4. The zero-order chi connectivity index (χ0) is 14.5. The normalized spacial score (nSPS) is 21.5.